The van der Waals surface area contributed by atoms with Gasteiger partial charge in [0.25, 0.3) is 0 Å². The van der Waals surface area contributed by atoms with Crippen LogP contribution < -0.4 is 16.2 Å². The number of nitrogens with one attached hydrogen (secondary N) is 1. The van der Waals surface area contributed by atoms with Gasteiger partial charge < -0.3 is 9.80 Å². The molecule has 0 aliphatic carbocycles. The average Bonchev–Trinajstić information content (AvgIpc) is 2.36. The third-order valence-corrected chi connectivity index (χ3v) is 2.81. The molecule has 0 saturated carbocycles. The van der Waals surface area contributed by atoms with Crippen LogP contribution in [-0.4, -0.2) is 54.0 Å². The molecule has 112 valence electrons. The second kappa shape index (κ2) is 6.96. The van der Waals surface area contributed by atoms with E-state index in [0.29, 0.717) is 6.54 Å². The molecule has 0 aromatic carbocycles. The summed E-state index contributed by atoms with van der Waals surface area (Å²) >= 11 is 0. The summed E-state index contributed by atoms with van der Waals surface area (Å²) in [6.45, 7) is 3.11. The molecule has 20 heavy (non-hydrogen) atoms. The van der Waals surface area contributed by atoms with Gasteiger partial charge in [0.2, 0.25) is 11.8 Å². The second-order valence-corrected chi connectivity index (χ2v) is 4.78. The number of anilines is 2. The zero-order chi connectivity index (χ0) is 15.3. The van der Waals surface area contributed by atoms with Crippen molar-refractivity contribution in [3.05, 3.63) is 15.8 Å². The minimum Gasteiger partial charge on any atom is -0.354 e. The summed E-state index contributed by atoms with van der Waals surface area (Å²) in [5.41, 5.74) is 2.52. The highest BCUT2D eigenvalue weighted by Gasteiger charge is 2.24. The molecule has 0 amide bonds. The second-order valence-electron chi connectivity index (χ2n) is 4.78. The summed E-state index contributed by atoms with van der Waals surface area (Å²) in [7, 11) is 5.73. The van der Waals surface area contributed by atoms with E-state index in [9.17, 15) is 10.1 Å². The number of nitro groups is 1. The number of hydrogen-bond acceptors (Lipinski definition) is 8. The van der Waals surface area contributed by atoms with E-state index in [-0.39, 0.29) is 23.1 Å². The standard InChI is InChI=1S/C11H21N7O2/c1-8-9(18(19)20)10(14-11(13-8)15-12)17(4)7-5-6-16(2)3/h5-7,12H2,1-4H3,(H,13,14,15). The number of nitrogen functional groups attached to an aromatic ring is 1. The summed E-state index contributed by atoms with van der Waals surface area (Å²) in [6, 6.07) is 0. The van der Waals surface area contributed by atoms with Gasteiger partial charge >= 0.3 is 5.69 Å². The van der Waals surface area contributed by atoms with Crippen molar-refractivity contribution in [2.24, 2.45) is 5.84 Å². The molecule has 0 unspecified atom stereocenters. The molecule has 1 aromatic rings. The van der Waals surface area contributed by atoms with Gasteiger partial charge in [-0.2, -0.15) is 4.98 Å². The molecule has 9 nitrogen and oxygen atoms in total. The van der Waals surface area contributed by atoms with E-state index in [2.05, 4.69) is 20.3 Å². The highest BCUT2D eigenvalue weighted by Crippen LogP contribution is 2.28. The van der Waals surface area contributed by atoms with Crippen LogP contribution in [0.2, 0.25) is 0 Å². The molecule has 1 aromatic heterocycles. The SMILES string of the molecule is Cc1nc(NN)nc(N(C)CCCN(C)C)c1[N+](=O)[O-]. The molecule has 1 rings (SSSR count). The predicted molar refractivity (Wildman–Crippen MR) is 77.7 cm³/mol. The Bertz CT molecular complexity index is 478. The Morgan fingerprint density at radius 3 is 2.45 bits per heavy atom. The largest absolute Gasteiger partial charge is 0.354 e. The Kier molecular flexibility index (Phi) is 5.59. The first-order valence-electron chi connectivity index (χ1n) is 6.22. The molecule has 1 heterocycles. The lowest BCUT2D eigenvalue weighted by atomic mass is 10.3. The molecular formula is C11H21N7O2. The molecule has 9 heteroatoms. The minimum absolute atomic E-state index is 0.0867. The van der Waals surface area contributed by atoms with Gasteiger partial charge in [0.05, 0.1) is 4.92 Å². The van der Waals surface area contributed by atoms with Gasteiger partial charge in [0.15, 0.2) is 0 Å². The van der Waals surface area contributed by atoms with Crippen molar-refractivity contribution >= 4 is 17.5 Å². The number of nitrogens with two attached hydrogens (primary N) is 1. The zero-order valence-electron chi connectivity index (χ0n) is 12.3. The summed E-state index contributed by atoms with van der Waals surface area (Å²) in [6.07, 6.45) is 0.870. The lowest BCUT2D eigenvalue weighted by Crippen LogP contribution is -2.26. The number of rotatable bonds is 7. The van der Waals surface area contributed by atoms with Crippen LogP contribution in [0.3, 0.4) is 0 Å². The summed E-state index contributed by atoms with van der Waals surface area (Å²) in [5, 5.41) is 11.2. The maximum Gasteiger partial charge on any atom is 0.332 e. The fraction of sp³-hybridized carbons (Fsp3) is 0.636. The van der Waals surface area contributed by atoms with Crippen LogP contribution in [0.1, 0.15) is 12.1 Å². The van der Waals surface area contributed by atoms with Crippen LogP contribution in [0, 0.1) is 17.0 Å². The molecule has 0 spiro atoms. The quantitative estimate of drug-likeness (QED) is 0.419. The molecule has 0 atom stereocenters. The van der Waals surface area contributed by atoms with Crippen LogP contribution in [-0.2, 0) is 0 Å². The van der Waals surface area contributed by atoms with E-state index in [1.807, 2.05) is 14.1 Å². The Morgan fingerprint density at radius 1 is 1.30 bits per heavy atom. The van der Waals surface area contributed by atoms with Gasteiger partial charge in [-0.05, 0) is 34.0 Å². The van der Waals surface area contributed by atoms with Crippen molar-refractivity contribution in [3.63, 3.8) is 0 Å². The minimum atomic E-state index is -0.465. The van der Waals surface area contributed by atoms with Crippen molar-refractivity contribution in [1.29, 1.82) is 0 Å². The van der Waals surface area contributed by atoms with Gasteiger partial charge in [-0.1, -0.05) is 0 Å². The molecule has 0 aliphatic rings. The topological polar surface area (TPSA) is 113 Å². The Labute approximate surface area is 117 Å². The van der Waals surface area contributed by atoms with E-state index < -0.39 is 4.92 Å². The molecule has 0 fully saturated rings. The summed E-state index contributed by atoms with van der Waals surface area (Å²) in [5.74, 6) is 5.73. The van der Waals surface area contributed by atoms with Crippen molar-refractivity contribution in [1.82, 2.24) is 14.9 Å². The van der Waals surface area contributed by atoms with Crippen LogP contribution >= 0.6 is 0 Å². The predicted octanol–water partition coefficient (Wildman–Crippen LogP) is 0.367. The van der Waals surface area contributed by atoms with E-state index in [1.54, 1.807) is 18.9 Å². The zero-order valence-corrected chi connectivity index (χ0v) is 12.3. The molecule has 0 radical (unpaired) electrons. The number of hydrogen-bond donors (Lipinski definition) is 2. The lowest BCUT2D eigenvalue weighted by Gasteiger charge is -2.20. The van der Waals surface area contributed by atoms with Crippen molar-refractivity contribution in [3.8, 4) is 0 Å². The molecule has 0 aliphatic heterocycles. The van der Waals surface area contributed by atoms with Crippen LogP contribution in [0.5, 0.6) is 0 Å². The molecule has 0 bridgehead atoms. The number of hydrazine groups is 1. The summed E-state index contributed by atoms with van der Waals surface area (Å²) < 4.78 is 0. The van der Waals surface area contributed by atoms with Crippen LogP contribution in [0.15, 0.2) is 0 Å². The Balaban J connectivity index is 3.01. The van der Waals surface area contributed by atoms with Crippen molar-refractivity contribution < 1.29 is 4.92 Å². The molecule has 0 saturated heterocycles. The molecule has 3 N–H and O–H groups in total. The fourth-order valence-corrected chi connectivity index (χ4v) is 1.83. The number of nitrogens with zero attached hydrogens (tertiary/aromatic N) is 5. The highest BCUT2D eigenvalue weighted by atomic mass is 16.6. The van der Waals surface area contributed by atoms with Gasteiger partial charge in [0, 0.05) is 13.6 Å². The lowest BCUT2D eigenvalue weighted by molar-refractivity contribution is -0.385. The third-order valence-electron chi connectivity index (χ3n) is 2.81. The van der Waals surface area contributed by atoms with Crippen molar-refractivity contribution in [2.75, 3.05) is 44.6 Å². The highest BCUT2D eigenvalue weighted by molar-refractivity contribution is 5.61. The van der Waals surface area contributed by atoms with Crippen molar-refractivity contribution in [2.45, 2.75) is 13.3 Å². The normalized spacial score (nSPS) is 10.7. The third kappa shape index (κ3) is 4.00. The first-order chi connectivity index (χ1) is 9.36. The Morgan fingerprint density at radius 2 is 1.95 bits per heavy atom. The van der Waals surface area contributed by atoms with Gasteiger partial charge in [0.1, 0.15) is 5.69 Å². The first kappa shape index (κ1) is 16.1. The maximum atomic E-state index is 11.2. The number of aromatic nitrogens is 2. The maximum absolute atomic E-state index is 11.2. The van der Waals surface area contributed by atoms with E-state index in [4.69, 9.17) is 5.84 Å². The van der Waals surface area contributed by atoms with E-state index in [1.165, 1.54) is 0 Å². The van der Waals surface area contributed by atoms with Gasteiger partial charge in [-0.25, -0.2) is 10.8 Å². The Hall–Kier alpha value is -2.00. The van der Waals surface area contributed by atoms with E-state index in [0.717, 1.165) is 13.0 Å². The average molecular weight is 283 g/mol. The van der Waals surface area contributed by atoms with Gasteiger partial charge in [-0.15, -0.1) is 0 Å². The monoisotopic (exact) mass is 283 g/mol. The smallest absolute Gasteiger partial charge is 0.332 e. The first-order valence-corrected chi connectivity index (χ1v) is 6.22. The summed E-state index contributed by atoms with van der Waals surface area (Å²) in [4.78, 5) is 22.5. The number of aryl methyl sites for hydroxylation is 1. The van der Waals surface area contributed by atoms with Gasteiger partial charge in [-0.3, -0.25) is 15.5 Å². The fourth-order valence-electron chi connectivity index (χ4n) is 1.83. The van der Waals surface area contributed by atoms with Crippen LogP contribution in [0.4, 0.5) is 17.5 Å². The van der Waals surface area contributed by atoms with E-state index >= 15 is 0 Å². The van der Waals surface area contributed by atoms with Crippen LogP contribution in [0.25, 0.3) is 0 Å². The molecular weight excluding hydrogens is 262 g/mol.